The second kappa shape index (κ2) is 14.0. The van der Waals surface area contributed by atoms with Crippen molar-refractivity contribution in [3.05, 3.63) is 53.0 Å². The molecule has 268 valence electrons. The molecule has 0 aliphatic carbocycles. The lowest BCUT2D eigenvalue weighted by molar-refractivity contribution is -0.119. The molecule has 12 nitrogen and oxygen atoms in total. The fourth-order valence-corrected chi connectivity index (χ4v) is 7.68. The number of hydrogen-bond donors (Lipinski definition) is 1. The third-order valence-corrected chi connectivity index (χ3v) is 10.3. The summed E-state index contributed by atoms with van der Waals surface area (Å²) >= 11 is 0. The molecule has 12 heteroatoms. The highest BCUT2D eigenvalue weighted by molar-refractivity contribution is 6.01. The highest BCUT2D eigenvalue weighted by atomic mass is 16.6. The number of rotatable bonds is 7. The first-order chi connectivity index (χ1) is 23.7. The Hall–Kier alpha value is -4.45. The number of nitrogens with two attached hydrogens (primary N) is 1. The highest BCUT2D eigenvalue weighted by Gasteiger charge is 2.33. The molecule has 50 heavy (non-hydrogen) atoms. The number of carbonyl (C=O) groups is 3. The van der Waals surface area contributed by atoms with Crippen molar-refractivity contribution in [2.75, 3.05) is 32.8 Å². The van der Waals surface area contributed by atoms with Gasteiger partial charge in [0, 0.05) is 23.7 Å². The average molecular weight is 686 g/mol. The van der Waals surface area contributed by atoms with Crippen molar-refractivity contribution < 1.29 is 23.9 Å². The number of benzene rings is 1. The molecule has 0 saturated carbocycles. The molecular formula is C38H51N7O5. The van der Waals surface area contributed by atoms with Crippen LogP contribution in [0.25, 0.3) is 27.8 Å². The van der Waals surface area contributed by atoms with Gasteiger partial charge in [-0.05, 0) is 126 Å². The van der Waals surface area contributed by atoms with E-state index in [9.17, 15) is 14.4 Å². The number of nitrogens with zero attached hydrogens (tertiary/aromatic N) is 6. The second-order valence-electron chi connectivity index (χ2n) is 15.3. The summed E-state index contributed by atoms with van der Waals surface area (Å²) in [5, 5.41) is 5.46. The van der Waals surface area contributed by atoms with Crippen LogP contribution in [0.3, 0.4) is 0 Å². The molecular weight excluding hydrogens is 634 g/mol. The van der Waals surface area contributed by atoms with Crippen LogP contribution < -0.4 is 5.73 Å². The summed E-state index contributed by atoms with van der Waals surface area (Å²) in [4.78, 5) is 47.4. The fourth-order valence-electron chi connectivity index (χ4n) is 7.68. The van der Waals surface area contributed by atoms with Gasteiger partial charge in [-0.15, -0.1) is 0 Å². The number of aromatic nitrogens is 4. The van der Waals surface area contributed by atoms with Crippen molar-refractivity contribution in [1.82, 2.24) is 29.0 Å². The monoisotopic (exact) mass is 685 g/mol. The van der Waals surface area contributed by atoms with Crippen LogP contribution in [0.5, 0.6) is 0 Å². The van der Waals surface area contributed by atoms with E-state index in [-0.39, 0.29) is 37.1 Å². The zero-order valence-corrected chi connectivity index (χ0v) is 30.5. The van der Waals surface area contributed by atoms with Crippen molar-refractivity contribution in [2.24, 2.45) is 5.73 Å². The van der Waals surface area contributed by atoms with E-state index in [1.54, 1.807) is 20.3 Å². The van der Waals surface area contributed by atoms with E-state index in [1.165, 1.54) is 5.56 Å². The molecule has 2 saturated heterocycles. The number of primary amides is 1. The molecule has 4 aromatic rings. The SMILES string of the molecule is Cc1c(-c2c(C(C)C)c3cc(C4CCN(CC(N)=O)CC4)ccc3n2C(=O)OC[C@@H]2CCCCN2C(=O)OC(C)(C)C)cn2ncnc2c1C. The van der Waals surface area contributed by atoms with Crippen molar-refractivity contribution >= 4 is 34.6 Å². The Labute approximate surface area is 293 Å². The Morgan fingerprint density at radius 3 is 2.42 bits per heavy atom. The van der Waals surface area contributed by atoms with Crippen molar-refractivity contribution in [2.45, 2.75) is 104 Å². The zero-order chi connectivity index (χ0) is 35.9. The van der Waals surface area contributed by atoms with Crippen molar-refractivity contribution in [1.29, 1.82) is 0 Å². The maximum absolute atomic E-state index is 14.5. The van der Waals surface area contributed by atoms with E-state index >= 15 is 0 Å². The molecule has 3 aromatic heterocycles. The second-order valence-corrected chi connectivity index (χ2v) is 15.3. The molecule has 2 aliphatic rings. The van der Waals surface area contributed by atoms with Crippen molar-refractivity contribution in [3.8, 4) is 11.3 Å². The topological polar surface area (TPSA) is 137 Å². The Kier molecular flexibility index (Phi) is 9.94. The molecule has 1 aromatic carbocycles. The Balaban J connectivity index is 1.42. The number of ether oxygens (including phenoxy) is 2. The van der Waals surface area contributed by atoms with Gasteiger partial charge in [-0.3, -0.25) is 9.69 Å². The zero-order valence-electron chi connectivity index (χ0n) is 30.5. The van der Waals surface area contributed by atoms with Gasteiger partial charge in [-0.2, -0.15) is 5.10 Å². The molecule has 2 aliphatic heterocycles. The van der Waals surface area contributed by atoms with Gasteiger partial charge in [0.2, 0.25) is 5.91 Å². The van der Waals surface area contributed by atoms with Crippen LogP contribution in [-0.2, 0) is 14.3 Å². The number of hydrogen-bond acceptors (Lipinski definition) is 8. The Morgan fingerprint density at radius 2 is 1.74 bits per heavy atom. The van der Waals surface area contributed by atoms with Crippen molar-refractivity contribution in [3.63, 3.8) is 0 Å². The van der Waals surface area contributed by atoms with Crippen LogP contribution in [0.4, 0.5) is 9.59 Å². The quantitative estimate of drug-likeness (QED) is 0.232. The van der Waals surface area contributed by atoms with Crippen LogP contribution in [0.15, 0.2) is 30.7 Å². The van der Waals surface area contributed by atoms with Crippen LogP contribution in [0.1, 0.15) is 101 Å². The summed E-state index contributed by atoms with van der Waals surface area (Å²) < 4.78 is 15.4. The normalized spacial score (nSPS) is 17.9. The lowest BCUT2D eigenvalue weighted by Gasteiger charge is -2.36. The maximum atomic E-state index is 14.5. The molecule has 0 radical (unpaired) electrons. The first kappa shape index (κ1) is 35.4. The van der Waals surface area contributed by atoms with Crippen LogP contribution >= 0.6 is 0 Å². The van der Waals surface area contributed by atoms with Gasteiger partial charge >= 0.3 is 12.2 Å². The van der Waals surface area contributed by atoms with E-state index in [2.05, 4.69) is 47.9 Å². The van der Waals surface area contributed by atoms with Crippen LogP contribution in [0, 0.1) is 13.8 Å². The molecule has 2 N–H and O–H groups in total. The molecule has 1 atom stereocenters. The number of piperidine rings is 2. The van der Waals surface area contributed by atoms with Gasteiger partial charge in [0.05, 0.1) is 23.8 Å². The summed E-state index contributed by atoms with van der Waals surface area (Å²) in [6, 6.07) is 6.13. The Bertz CT molecular complexity index is 1910. The molecule has 5 heterocycles. The van der Waals surface area contributed by atoms with E-state index in [0.29, 0.717) is 12.5 Å². The highest BCUT2D eigenvalue weighted by Crippen LogP contribution is 2.42. The minimum Gasteiger partial charge on any atom is -0.447 e. The maximum Gasteiger partial charge on any atom is 0.419 e. The van der Waals surface area contributed by atoms with Crippen LogP contribution in [-0.4, -0.2) is 91.5 Å². The summed E-state index contributed by atoms with van der Waals surface area (Å²) in [5.74, 6) is 0.0899. The number of likely N-dealkylation sites (tertiary alicyclic amines) is 2. The molecule has 0 spiro atoms. The summed E-state index contributed by atoms with van der Waals surface area (Å²) in [6.07, 6.45) is 7.01. The molecule has 0 bridgehead atoms. The minimum atomic E-state index is -0.622. The number of amides is 2. The van der Waals surface area contributed by atoms with E-state index in [0.717, 1.165) is 89.7 Å². The van der Waals surface area contributed by atoms with Gasteiger partial charge < -0.3 is 20.1 Å². The van der Waals surface area contributed by atoms with Gasteiger partial charge in [0.25, 0.3) is 0 Å². The van der Waals surface area contributed by atoms with Crippen LogP contribution in [0.2, 0.25) is 0 Å². The number of fused-ring (bicyclic) bond motifs is 2. The predicted molar refractivity (Wildman–Crippen MR) is 192 cm³/mol. The Morgan fingerprint density at radius 1 is 1.00 bits per heavy atom. The summed E-state index contributed by atoms with van der Waals surface area (Å²) in [7, 11) is 0. The number of carbonyl (C=O) groups excluding carboxylic acids is 3. The minimum absolute atomic E-state index is 0.0658. The molecule has 0 unspecified atom stereocenters. The lowest BCUT2D eigenvalue weighted by atomic mass is 9.87. The molecule has 6 rings (SSSR count). The molecule has 2 amide bonds. The van der Waals surface area contributed by atoms with Gasteiger partial charge in [-0.1, -0.05) is 19.9 Å². The summed E-state index contributed by atoms with van der Waals surface area (Å²) in [5.41, 5.74) is 12.3. The van der Waals surface area contributed by atoms with E-state index in [4.69, 9.17) is 15.2 Å². The molecule has 2 fully saturated rings. The van der Waals surface area contributed by atoms with E-state index in [1.807, 2.05) is 40.0 Å². The van der Waals surface area contributed by atoms with Gasteiger partial charge in [-0.25, -0.2) is 23.7 Å². The number of aryl methyl sites for hydroxylation is 1. The number of pyridine rings is 1. The van der Waals surface area contributed by atoms with Gasteiger partial charge in [0.1, 0.15) is 18.5 Å². The first-order valence-electron chi connectivity index (χ1n) is 17.9. The summed E-state index contributed by atoms with van der Waals surface area (Å²) in [6.45, 7) is 16.5. The van der Waals surface area contributed by atoms with E-state index < -0.39 is 11.7 Å². The first-order valence-corrected chi connectivity index (χ1v) is 17.9. The van der Waals surface area contributed by atoms with Gasteiger partial charge in [0.15, 0.2) is 5.65 Å². The predicted octanol–water partition coefficient (Wildman–Crippen LogP) is 6.53. The fraction of sp³-hybridized carbons (Fsp3) is 0.553. The third kappa shape index (κ3) is 7.08. The lowest BCUT2D eigenvalue weighted by Crippen LogP contribution is -2.48. The smallest absolute Gasteiger partial charge is 0.419 e. The third-order valence-electron chi connectivity index (χ3n) is 10.3. The largest absolute Gasteiger partial charge is 0.447 e. The standard InChI is InChI=1S/C38H51N7O5/c1-23(2)33-29-18-27(26-13-16-42(17-14-26)20-32(39)46)11-12-31(29)45(34(33)30-19-44-35(40-22-41-44)25(4)24(30)3)37(48)49-21-28-10-8-9-15-43(28)36(47)50-38(5,6)7/h11-12,18-19,22-23,26,28H,8-10,13-17,20-21H2,1-7H3,(H2,39,46)/t28-/m0/s1. The average Bonchev–Trinajstić information content (AvgIpc) is 3.67.